The third-order valence-corrected chi connectivity index (χ3v) is 3.58. The Hall–Kier alpha value is -0.900. The highest BCUT2D eigenvalue weighted by atomic mass is 15.2. The van der Waals surface area contributed by atoms with Crippen molar-refractivity contribution in [2.45, 2.75) is 58.5 Å². The maximum atomic E-state index is 4.30. The molecule has 1 atom stereocenters. The van der Waals surface area contributed by atoms with Crippen LogP contribution in [-0.4, -0.2) is 21.2 Å². The van der Waals surface area contributed by atoms with Crippen molar-refractivity contribution in [3.63, 3.8) is 0 Å². The zero-order chi connectivity index (χ0) is 11.4. The van der Waals surface area contributed by atoms with Crippen LogP contribution in [0.4, 0.5) is 0 Å². The van der Waals surface area contributed by atoms with E-state index in [1.54, 1.807) is 0 Å². The van der Waals surface area contributed by atoms with Crippen LogP contribution in [0.1, 0.15) is 50.7 Å². The Balaban J connectivity index is 1.76. The van der Waals surface area contributed by atoms with Crippen molar-refractivity contribution in [2.75, 3.05) is 0 Å². The lowest BCUT2D eigenvalue weighted by atomic mass is 9.84. The molecular weight excluding hydrogens is 200 g/mol. The molecule has 0 amide bonds. The van der Waals surface area contributed by atoms with Gasteiger partial charge in [-0.2, -0.15) is 5.10 Å². The summed E-state index contributed by atoms with van der Waals surface area (Å²) in [5.41, 5.74) is 0. The van der Waals surface area contributed by atoms with E-state index >= 15 is 0 Å². The third-order valence-electron chi connectivity index (χ3n) is 3.58. The van der Waals surface area contributed by atoms with Crippen LogP contribution in [0, 0.1) is 12.8 Å². The zero-order valence-electron chi connectivity index (χ0n) is 10.3. The highest BCUT2D eigenvalue weighted by Crippen LogP contribution is 2.26. The average molecular weight is 222 g/mol. The monoisotopic (exact) mass is 222 g/mol. The van der Waals surface area contributed by atoms with Gasteiger partial charge in [0.15, 0.2) is 5.82 Å². The van der Waals surface area contributed by atoms with Gasteiger partial charge in [0.05, 0.1) is 6.54 Å². The molecule has 2 rings (SSSR count). The fourth-order valence-corrected chi connectivity index (χ4v) is 2.52. The van der Waals surface area contributed by atoms with E-state index in [9.17, 15) is 0 Å². The van der Waals surface area contributed by atoms with Crippen molar-refractivity contribution < 1.29 is 0 Å². The molecule has 1 fully saturated rings. The minimum atomic E-state index is 0.583. The van der Waals surface area contributed by atoms with Gasteiger partial charge >= 0.3 is 0 Å². The van der Waals surface area contributed by atoms with E-state index in [1.807, 2.05) is 6.92 Å². The summed E-state index contributed by atoms with van der Waals surface area (Å²) in [6.07, 6.45) is 6.97. The first-order valence-corrected chi connectivity index (χ1v) is 6.37. The highest BCUT2D eigenvalue weighted by molar-refractivity contribution is 4.88. The normalized spacial score (nSPS) is 19.9. The molecule has 0 bridgehead atoms. The second kappa shape index (κ2) is 5.43. The maximum absolute atomic E-state index is 4.30. The summed E-state index contributed by atoms with van der Waals surface area (Å²) >= 11 is 0. The van der Waals surface area contributed by atoms with Gasteiger partial charge in [-0.3, -0.25) is 5.10 Å². The molecule has 2 N–H and O–H groups in total. The van der Waals surface area contributed by atoms with Gasteiger partial charge in [0.25, 0.3) is 0 Å². The lowest BCUT2D eigenvalue weighted by Crippen LogP contribution is -2.34. The summed E-state index contributed by atoms with van der Waals surface area (Å²) in [7, 11) is 0. The standard InChI is InChI=1S/C12H22N4/c1-9(11-6-4-3-5-7-11)13-8-12-14-10(2)15-16-12/h9,11,13H,3-8H2,1-2H3,(H,14,15,16). The number of H-pyrrole nitrogens is 1. The molecule has 0 aliphatic heterocycles. The highest BCUT2D eigenvalue weighted by Gasteiger charge is 2.19. The smallest absolute Gasteiger partial charge is 0.164 e. The van der Waals surface area contributed by atoms with E-state index < -0.39 is 0 Å². The van der Waals surface area contributed by atoms with Crippen LogP contribution in [0.2, 0.25) is 0 Å². The molecular formula is C12H22N4. The molecule has 1 aliphatic carbocycles. The van der Waals surface area contributed by atoms with Crippen LogP contribution in [0.25, 0.3) is 0 Å². The van der Waals surface area contributed by atoms with E-state index in [-0.39, 0.29) is 0 Å². The second-order valence-corrected chi connectivity index (χ2v) is 4.90. The topological polar surface area (TPSA) is 53.6 Å². The molecule has 1 heterocycles. The molecule has 1 aliphatic rings. The molecule has 1 aromatic heterocycles. The zero-order valence-corrected chi connectivity index (χ0v) is 10.3. The van der Waals surface area contributed by atoms with E-state index in [4.69, 9.17) is 0 Å². The Morgan fingerprint density at radius 2 is 2.12 bits per heavy atom. The number of rotatable bonds is 4. The van der Waals surface area contributed by atoms with Crippen molar-refractivity contribution >= 4 is 0 Å². The quantitative estimate of drug-likeness (QED) is 0.821. The van der Waals surface area contributed by atoms with Crippen molar-refractivity contribution in [1.29, 1.82) is 0 Å². The molecule has 1 aromatic rings. The van der Waals surface area contributed by atoms with Crippen LogP contribution in [-0.2, 0) is 6.54 Å². The summed E-state index contributed by atoms with van der Waals surface area (Å²) < 4.78 is 0. The molecule has 4 heteroatoms. The van der Waals surface area contributed by atoms with Gasteiger partial charge in [-0.1, -0.05) is 19.3 Å². The predicted molar refractivity (Wildman–Crippen MR) is 64.0 cm³/mol. The van der Waals surface area contributed by atoms with E-state index in [0.717, 1.165) is 24.1 Å². The summed E-state index contributed by atoms with van der Waals surface area (Å²) in [6.45, 7) is 5.00. The molecule has 1 unspecified atom stereocenters. The largest absolute Gasteiger partial charge is 0.307 e. The fourth-order valence-electron chi connectivity index (χ4n) is 2.52. The first kappa shape index (κ1) is 11.6. The maximum Gasteiger partial charge on any atom is 0.164 e. The summed E-state index contributed by atoms with van der Waals surface area (Å²) in [5.74, 6) is 2.61. The minimum absolute atomic E-state index is 0.583. The van der Waals surface area contributed by atoms with Crippen LogP contribution in [0.15, 0.2) is 0 Å². The average Bonchev–Trinajstić information content (AvgIpc) is 2.73. The first-order valence-electron chi connectivity index (χ1n) is 6.37. The Labute approximate surface area is 97.2 Å². The molecule has 16 heavy (non-hydrogen) atoms. The first-order chi connectivity index (χ1) is 7.75. The Morgan fingerprint density at radius 1 is 1.38 bits per heavy atom. The molecule has 0 spiro atoms. The van der Waals surface area contributed by atoms with Crippen molar-refractivity contribution in [2.24, 2.45) is 5.92 Å². The molecule has 4 nitrogen and oxygen atoms in total. The Kier molecular flexibility index (Phi) is 3.93. The molecule has 90 valence electrons. The van der Waals surface area contributed by atoms with Gasteiger partial charge in [-0.15, -0.1) is 0 Å². The molecule has 0 saturated heterocycles. The lowest BCUT2D eigenvalue weighted by molar-refractivity contribution is 0.279. The number of nitrogens with one attached hydrogen (secondary N) is 2. The number of aryl methyl sites for hydroxylation is 1. The number of hydrogen-bond donors (Lipinski definition) is 2. The van der Waals surface area contributed by atoms with Crippen LogP contribution in [0.3, 0.4) is 0 Å². The number of nitrogens with zero attached hydrogens (tertiary/aromatic N) is 2. The van der Waals surface area contributed by atoms with E-state index in [0.29, 0.717) is 6.04 Å². The Bertz CT molecular complexity index is 315. The third kappa shape index (κ3) is 3.04. The van der Waals surface area contributed by atoms with Gasteiger partial charge in [0.1, 0.15) is 5.82 Å². The second-order valence-electron chi connectivity index (χ2n) is 4.90. The summed E-state index contributed by atoms with van der Waals surface area (Å²) in [6, 6.07) is 0.583. The minimum Gasteiger partial charge on any atom is -0.307 e. The van der Waals surface area contributed by atoms with Crippen LogP contribution in [0.5, 0.6) is 0 Å². The van der Waals surface area contributed by atoms with Gasteiger partial charge < -0.3 is 5.32 Å². The lowest BCUT2D eigenvalue weighted by Gasteiger charge is -2.28. The molecule has 1 saturated carbocycles. The number of aromatic nitrogens is 3. The van der Waals surface area contributed by atoms with Gasteiger partial charge in [0.2, 0.25) is 0 Å². The summed E-state index contributed by atoms with van der Waals surface area (Å²) in [5, 5.41) is 10.5. The molecule has 0 aromatic carbocycles. The molecule has 0 radical (unpaired) electrons. The van der Waals surface area contributed by atoms with Gasteiger partial charge in [-0.05, 0) is 32.6 Å². The van der Waals surface area contributed by atoms with E-state index in [1.165, 1.54) is 32.1 Å². The number of aromatic amines is 1. The SMILES string of the molecule is Cc1nc(CNC(C)C2CCCCC2)n[nH]1. The number of hydrogen-bond acceptors (Lipinski definition) is 3. The van der Waals surface area contributed by atoms with E-state index in [2.05, 4.69) is 27.4 Å². The van der Waals surface area contributed by atoms with Gasteiger partial charge in [0, 0.05) is 6.04 Å². The van der Waals surface area contributed by atoms with Gasteiger partial charge in [-0.25, -0.2) is 4.98 Å². The Morgan fingerprint density at radius 3 is 2.75 bits per heavy atom. The van der Waals surface area contributed by atoms with Crippen LogP contribution >= 0.6 is 0 Å². The predicted octanol–water partition coefficient (Wildman–Crippen LogP) is 2.17. The van der Waals surface area contributed by atoms with Crippen molar-refractivity contribution in [1.82, 2.24) is 20.5 Å². The van der Waals surface area contributed by atoms with Crippen LogP contribution < -0.4 is 5.32 Å². The fraction of sp³-hybridized carbons (Fsp3) is 0.833. The summed E-state index contributed by atoms with van der Waals surface area (Å²) in [4.78, 5) is 4.30. The van der Waals surface area contributed by atoms with Crippen molar-refractivity contribution in [3.8, 4) is 0 Å². The van der Waals surface area contributed by atoms with Crippen molar-refractivity contribution in [3.05, 3.63) is 11.6 Å².